The first-order chi connectivity index (χ1) is 4.50. The molecule has 2 heteroatoms. The third-order valence-corrected chi connectivity index (χ3v) is 2.07. The maximum Gasteiger partial charge on any atom is 0.111 e. The Hall–Kier alpha value is -0.110. The lowest BCUT2D eigenvalue weighted by molar-refractivity contribution is 0.112. The number of nitrogens with one attached hydrogen (secondary N) is 1. The molecule has 0 aromatic carbocycles. The molecule has 0 heterocycles. The Balaban J connectivity index is 3.63. The molecule has 0 radical (unpaired) electrons. The fourth-order valence-electron chi connectivity index (χ4n) is 0.658. The van der Waals surface area contributed by atoms with Gasteiger partial charge in [0.25, 0.3) is 0 Å². The highest BCUT2D eigenvalue weighted by Gasteiger charge is 2.26. The molecule has 0 aliphatic heterocycles. The van der Waals surface area contributed by atoms with Gasteiger partial charge in [0.15, 0.2) is 0 Å². The average molecular weight is 147 g/mol. The SMILES string of the molecule is CNCCC(C)(F)C(C)C. The Labute approximate surface area is 63.0 Å². The smallest absolute Gasteiger partial charge is 0.111 e. The van der Waals surface area contributed by atoms with Gasteiger partial charge in [-0.05, 0) is 32.9 Å². The minimum absolute atomic E-state index is 0.112. The zero-order chi connectivity index (χ0) is 8.20. The minimum Gasteiger partial charge on any atom is -0.320 e. The van der Waals surface area contributed by atoms with Gasteiger partial charge in [0, 0.05) is 0 Å². The summed E-state index contributed by atoms with van der Waals surface area (Å²) >= 11 is 0. The van der Waals surface area contributed by atoms with Gasteiger partial charge in [0.1, 0.15) is 5.67 Å². The first-order valence-electron chi connectivity index (χ1n) is 3.84. The average Bonchev–Trinajstić information content (AvgIpc) is 1.84. The van der Waals surface area contributed by atoms with Crippen LogP contribution in [0.25, 0.3) is 0 Å². The van der Waals surface area contributed by atoms with Crippen LogP contribution >= 0.6 is 0 Å². The Kier molecular flexibility index (Phi) is 3.87. The van der Waals surface area contributed by atoms with E-state index < -0.39 is 5.67 Å². The monoisotopic (exact) mass is 147 g/mol. The van der Waals surface area contributed by atoms with Crippen molar-refractivity contribution in [2.45, 2.75) is 32.9 Å². The molecule has 10 heavy (non-hydrogen) atoms. The first kappa shape index (κ1) is 9.89. The quantitative estimate of drug-likeness (QED) is 0.641. The lowest BCUT2D eigenvalue weighted by atomic mass is 9.91. The van der Waals surface area contributed by atoms with Gasteiger partial charge in [-0.1, -0.05) is 13.8 Å². The number of hydrogen-bond donors (Lipinski definition) is 1. The van der Waals surface area contributed by atoms with Crippen molar-refractivity contribution in [2.24, 2.45) is 5.92 Å². The second-order valence-corrected chi connectivity index (χ2v) is 3.29. The summed E-state index contributed by atoms with van der Waals surface area (Å²) in [6.07, 6.45) is 0.598. The Bertz CT molecular complexity index is 89.3. The van der Waals surface area contributed by atoms with Crippen molar-refractivity contribution in [1.29, 1.82) is 0 Å². The second-order valence-electron chi connectivity index (χ2n) is 3.29. The molecule has 1 nitrogen and oxygen atoms in total. The van der Waals surface area contributed by atoms with Crippen LogP contribution < -0.4 is 5.32 Å². The van der Waals surface area contributed by atoms with Crippen LogP contribution in [0.15, 0.2) is 0 Å². The largest absolute Gasteiger partial charge is 0.320 e. The van der Waals surface area contributed by atoms with Crippen LogP contribution in [0, 0.1) is 5.92 Å². The summed E-state index contributed by atoms with van der Waals surface area (Å²) in [6.45, 7) is 6.24. The summed E-state index contributed by atoms with van der Waals surface area (Å²) in [7, 11) is 1.84. The molecule has 0 amide bonds. The van der Waals surface area contributed by atoms with E-state index in [1.54, 1.807) is 6.92 Å². The highest BCUT2D eigenvalue weighted by molar-refractivity contribution is 4.77. The van der Waals surface area contributed by atoms with Crippen LogP contribution in [-0.2, 0) is 0 Å². The van der Waals surface area contributed by atoms with Crippen molar-refractivity contribution in [3.05, 3.63) is 0 Å². The molecular formula is C8H18FN. The molecule has 0 saturated heterocycles. The molecule has 62 valence electrons. The molecule has 0 fully saturated rings. The second kappa shape index (κ2) is 3.91. The van der Waals surface area contributed by atoms with E-state index in [0.29, 0.717) is 6.42 Å². The number of rotatable bonds is 4. The standard InChI is InChI=1S/C8H18FN/c1-7(2)8(3,9)5-6-10-4/h7,10H,5-6H2,1-4H3. The predicted molar refractivity (Wildman–Crippen MR) is 42.9 cm³/mol. The maximum atomic E-state index is 13.4. The van der Waals surface area contributed by atoms with Gasteiger partial charge in [-0.15, -0.1) is 0 Å². The molecule has 1 N–H and O–H groups in total. The van der Waals surface area contributed by atoms with E-state index in [9.17, 15) is 4.39 Å². The van der Waals surface area contributed by atoms with Crippen LogP contribution in [0.5, 0.6) is 0 Å². The van der Waals surface area contributed by atoms with Crippen LogP contribution in [-0.4, -0.2) is 19.3 Å². The van der Waals surface area contributed by atoms with Crippen molar-refractivity contribution in [2.75, 3.05) is 13.6 Å². The van der Waals surface area contributed by atoms with E-state index in [0.717, 1.165) is 6.54 Å². The molecule has 0 aromatic heterocycles. The molecule has 1 unspecified atom stereocenters. The molecule has 0 spiro atoms. The number of hydrogen-bond acceptors (Lipinski definition) is 1. The lowest BCUT2D eigenvalue weighted by Gasteiger charge is -2.24. The van der Waals surface area contributed by atoms with E-state index in [2.05, 4.69) is 5.32 Å². The van der Waals surface area contributed by atoms with Gasteiger partial charge in [-0.2, -0.15) is 0 Å². The molecule has 0 aromatic rings. The number of halogens is 1. The summed E-state index contributed by atoms with van der Waals surface area (Å²) in [5.41, 5.74) is -1.01. The third kappa shape index (κ3) is 3.16. The zero-order valence-corrected chi connectivity index (χ0v) is 7.37. The normalized spacial score (nSPS) is 17.4. The molecule has 0 aliphatic carbocycles. The van der Waals surface area contributed by atoms with Crippen LogP contribution in [0.3, 0.4) is 0 Å². The van der Waals surface area contributed by atoms with Crippen molar-refractivity contribution in [3.8, 4) is 0 Å². The van der Waals surface area contributed by atoms with Gasteiger partial charge in [0.2, 0.25) is 0 Å². The Morgan fingerprint density at radius 3 is 2.30 bits per heavy atom. The molecule has 0 aliphatic rings. The molecular weight excluding hydrogens is 129 g/mol. The Morgan fingerprint density at radius 2 is 2.00 bits per heavy atom. The van der Waals surface area contributed by atoms with Crippen LogP contribution in [0.2, 0.25) is 0 Å². The highest BCUT2D eigenvalue weighted by Crippen LogP contribution is 2.24. The molecule has 0 saturated carbocycles. The maximum absolute atomic E-state index is 13.4. The van der Waals surface area contributed by atoms with Crippen molar-refractivity contribution >= 4 is 0 Å². The molecule has 0 rings (SSSR count). The zero-order valence-electron chi connectivity index (χ0n) is 7.37. The van der Waals surface area contributed by atoms with E-state index in [4.69, 9.17) is 0 Å². The van der Waals surface area contributed by atoms with Crippen LogP contribution in [0.1, 0.15) is 27.2 Å². The fraction of sp³-hybridized carbons (Fsp3) is 1.00. The van der Waals surface area contributed by atoms with Gasteiger partial charge < -0.3 is 5.32 Å². The van der Waals surface area contributed by atoms with E-state index >= 15 is 0 Å². The summed E-state index contributed by atoms with van der Waals surface area (Å²) in [4.78, 5) is 0. The van der Waals surface area contributed by atoms with E-state index in [1.807, 2.05) is 20.9 Å². The van der Waals surface area contributed by atoms with Crippen molar-refractivity contribution in [1.82, 2.24) is 5.32 Å². The highest BCUT2D eigenvalue weighted by atomic mass is 19.1. The first-order valence-corrected chi connectivity index (χ1v) is 3.84. The van der Waals surface area contributed by atoms with E-state index in [-0.39, 0.29) is 5.92 Å². The third-order valence-electron chi connectivity index (χ3n) is 2.07. The summed E-state index contributed by atoms with van der Waals surface area (Å²) in [5, 5.41) is 2.94. The van der Waals surface area contributed by atoms with Crippen molar-refractivity contribution < 1.29 is 4.39 Å². The summed E-state index contributed by atoms with van der Waals surface area (Å²) in [6, 6.07) is 0. The van der Waals surface area contributed by atoms with E-state index in [1.165, 1.54) is 0 Å². The molecule has 0 bridgehead atoms. The van der Waals surface area contributed by atoms with Crippen molar-refractivity contribution in [3.63, 3.8) is 0 Å². The minimum atomic E-state index is -1.01. The molecule has 1 atom stereocenters. The van der Waals surface area contributed by atoms with Gasteiger partial charge in [0.05, 0.1) is 0 Å². The topological polar surface area (TPSA) is 12.0 Å². The van der Waals surface area contributed by atoms with Gasteiger partial charge in [-0.25, -0.2) is 4.39 Å². The predicted octanol–water partition coefficient (Wildman–Crippen LogP) is 1.98. The number of alkyl halides is 1. The lowest BCUT2D eigenvalue weighted by Crippen LogP contribution is -2.29. The Morgan fingerprint density at radius 1 is 1.50 bits per heavy atom. The van der Waals surface area contributed by atoms with Gasteiger partial charge in [-0.3, -0.25) is 0 Å². The van der Waals surface area contributed by atoms with Crippen LogP contribution in [0.4, 0.5) is 4.39 Å². The van der Waals surface area contributed by atoms with Gasteiger partial charge >= 0.3 is 0 Å². The fourth-order valence-corrected chi connectivity index (χ4v) is 0.658. The summed E-state index contributed by atoms with van der Waals surface area (Å²) in [5.74, 6) is 0.112. The summed E-state index contributed by atoms with van der Waals surface area (Å²) < 4.78 is 13.4.